The van der Waals surface area contributed by atoms with E-state index in [-0.39, 0.29) is 11.2 Å². The predicted octanol–water partition coefficient (Wildman–Crippen LogP) is 2.34. The Morgan fingerprint density at radius 3 is 2.83 bits per heavy atom. The number of aromatic nitrogens is 2. The molecule has 7 nitrogen and oxygen atoms in total. The molecule has 0 bridgehead atoms. The summed E-state index contributed by atoms with van der Waals surface area (Å²) in [4.78, 5) is 10.3. The molecule has 0 spiro atoms. The van der Waals surface area contributed by atoms with Crippen LogP contribution in [0.3, 0.4) is 0 Å². The molecule has 1 aliphatic rings. The van der Waals surface area contributed by atoms with Crippen LogP contribution < -0.4 is 5.32 Å². The van der Waals surface area contributed by atoms with E-state index in [2.05, 4.69) is 20.3 Å². The number of fused-ring (bicyclic) bond motifs is 1. The SMILES string of the molecule is O=[N+]([O-])c1ccc(NCC2CCC2)c2nonc12. The molecule has 1 saturated carbocycles. The standard InChI is InChI=1S/C11H12N4O3/c16-15(17)9-5-4-8(10-11(9)14-18-13-10)12-6-7-2-1-3-7/h4-5,7,12H,1-3,6H2. The van der Waals surface area contributed by atoms with Crippen LogP contribution >= 0.6 is 0 Å². The van der Waals surface area contributed by atoms with E-state index in [4.69, 9.17) is 0 Å². The second-order valence-corrected chi connectivity index (χ2v) is 4.53. The van der Waals surface area contributed by atoms with Crippen LogP contribution in [0.25, 0.3) is 11.0 Å². The van der Waals surface area contributed by atoms with Gasteiger partial charge >= 0.3 is 5.69 Å². The van der Waals surface area contributed by atoms with Crippen LogP contribution in [-0.4, -0.2) is 21.8 Å². The lowest BCUT2D eigenvalue weighted by Gasteiger charge is -2.25. The van der Waals surface area contributed by atoms with Crippen molar-refractivity contribution in [2.24, 2.45) is 5.92 Å². The van der Waals surface area contributed by atoms with Crippen molar-refractivity contribution >= 4 is 22.4 Å². The van der Waals surface area contributed by atoms with Crippen molar-refractivity contribution in [2.45, 2.75) is 19.3 Å². The first-order chi connectivity index (χ1) is 8.75. The van der Waals surface area contributed by atoms with Crippen molar-refractivity contribution in [3.63, 3.8) is 0 Å². The van der Waals surface area contributed by atoms with E-state index in [0.29, 0.717) is 11.4 Å². The number of benzene rings is 1. The number of non-ortho nitro benzene ring substituents is 1. The maximum Gasteiger partial charge on any atom is 0.300 e. The van der Waals surface area contributed by atoms with Crippen LogP contribution in [0, 0.1) is 16.0 Å². The first-order valence-electron chi connectivity index (χ1n) is 5.89. The molecule has 3 rings (SSSR count). The van der Waals surface area contributed by atoms with Gasteiger partial charge in [0.2, 0.25) is 5.52 Å². The van der Waals surface area contributed by atoms with Crippen LogP contribution in [0.4, 0.5) is 11.4 Å². The molecule has 1 N–H and O–H groups in total. The number of hydrogen-bond donors (Lipinski definition) is 1. The first kappa shape index (κ1) is 10.9. The van der Waals surface area contributed by atoms with Crippen LogP contribution in [0.2, 0.25) is 0 Å². The Morgan fingerprint density at radius 2 is 2.17 bits per heavy atom. The van der Waals surface area contributed by atoms with Crippen LogP contribution in [0.5, 0.6) is 0 Å². The first-order valence-corrected chi connectivity index (χ1v) is 5.89. The van der Waals surface area contributed by atoms with Crippen molar-refractivity contribution in [3.05, 3.63) is 22.2 Å². The lowest BCUT2D eigenvalue weighted by atomic mass is 9.85. The minimum absolute atomic E-state index is 0.0829. The van der Waals surface area contributed by atoms with Gasteiger partial charge in [-0.25, -0.2) is 4.63 Å². The second kappa shape index (κ2) is 4.25. The highest BCUT2D eigenvalue weighted by Gasteiger charge is 2.21. The van der Waals surface area contributed by atoms with Gasteiger partial charge in [0.05, 0.1) is 10.6 Å². The maximum absolute atomic E-state index is 10.8. The van der Waals surface area contributed by atoms with E-state index in [1.807, 2.05) is 0 Å². The lowest BCUT2D eigenvalue weighted by molar-refractivity contribution is -0.383. The summed E-state index contributed by atoms with van der Waals surface area (Å²) in [6, 6.07) is 3.08. The van der Waals surface area contributed by atoms with Gasteiger partial charge in [0.15, 0.2) is 5.52 Å². The summed E-state index contributed by atoms with van der Waals surface area (Å²) < 4.78 is 4.60. The van der Waals surface area contributed by atoms with Gasteiger partial charge < -0.3 is 5.32 Å². The van der Waals surface area contributed by atoms with Gasteiger partial charge in [-0.1, -0.05) is 6.42 Å². The summed E-state index contributed by atoms with van der Waals surface area (Å²) in [5.74, 6) is 0.690. The predicted molar refractivity (Wildman–Crippen MR) is 64.3 cm³/mol. The molecule has 0 amide bonds. The minimum Gasteiger partial charge on any atom is -0.383 e. The molecule has 0 saturated heterocycles. The quantitative estimate of drug-likeness (QED) is 0.659. The van der Waals surface area contributed by atoms with E-state index in [1.165, 1.54) is 25.3 Å². The van der Waals surface area contributed by atoms with Gasteiger partial charge in [-0.3, -0.25) is 10.1 Å². The number of rotatable bonds is 4. The van der Waals surface area contributed by atoms with Gasteiger partial charge in [0.25, 0.3) is 0 Å². The van der Waals surface area contributed by atoms with E-state index in [0.717, 1.165) is 12.2 Å². The number of nitro benzene ring substituents is 1. The fourth-order valence-corrected chi connectivity index (χ4v) is 2.09. The highest BCUT2D eigenvalue weighted by atomic mass is 16.6. The summed E-state index contributed by atoms with van der Waals surface area (Å²) in [6.45, 7) is 0.861. The molecular weight excluding hydrogens is 236 g/mol. The summed E-state index contributed by atoms with van der Waals surface area (Å²) in [5.41, 5.74) is 1.27. The number of nitrogens with one attached hydrogen (secondary N) is 1. The van der Waals surface area contributed by atoms with Gasteiger partial charge in [0, 0.05) is 12.6 Å². The average Bonchev–Trinajstić information content (AvgIpc) is 2.75. The van der Waals surface area contributed by atoms with E-state index in [1.54, 1.807) is 6.07 Å². The second-order valence-electron chi connectivity index (χ2n) is 4.53. The van der Waals surface area contributed by atoms with Gasteiger partial charge in [-0.2, -0.15) is 0 Å². The van der Waals surface area contributed by atoms with Crippen LogP contribution in [0.15, 0.2) is 16.8 Å². The van der Waals surface area contributed by atoms with Crippen molar-refractivity contribution in [1.29, 1.82) is 0 Å². The topological polar surface area (TPSA) is 94.1 Å². The van der Waals surface area contributed by atoms with Crippen molar-refractivity contribution in [3.8, 4) is 0 Å². The fourth-order valence-electron chi connectivity index (χ4n) is 2.09. The number of hydrogen-bond acceptors (Lipinski definition) is 6. The van der Waals surface area contributed by atoms with Crippen molar-refractivity contribution < 1.29 is 9.55 Å². The largest absolute Gasteiger partial charge is 0.383 e. The summed E-state index contributed by atoms with van der Waals surface area (Å²) in [7, 11) is 0. The van der Waals surface area contributed by atoms with Crippen molar-refractivity contribution in [1.82, 2.24) is 10.3 Å². The molecule has 0 aliphatic heterocycles. The highest BCUT2D eigenvalue weighted by molar-refractivity contribution is 5.93. The summed E-state index contributed by atoms with van der Waals surface area (Å²) in [5, 5.41) is 21.4. The summed E-state index contributed by atoms with van der Waals surface area (Å²) in [6.07, 6.45) is 3.76. The smallest absolute Gasteiger partial charge is 0.300 e. The Balaban J connectivity index is 1.90. The third-order valence-corrected chi connectivity index (χ3v) is 3.40. The van der Waals surface area contributed by atoms with Gasteiger partial charge in [0.1, 0.15) is 0 Å². The summed E-state index contributed by atoms with van der Waals surface area (Å²) >= 11 is 0. The molecule has 0 unspecified atom stereocenters. The molecule has 2 aromatic rings. The molecule has 7 heteroatoms. The molecule has 0 radical (unpaired) electrons. The Hall–Kier alpha value is -2.18. The molecule has 1 fully saturated rings. The Kier molecular flexibility index (Phi) is 2.58. The molecular formula is C11H12N4O3. The van der Waals surface area contributed by atoms with E-state index in [9.17, 15) is 10.1 Å². The molecule has 1 heterocycles. The van der Waals surface area contributed by atoms with Crippen LogP contribution in [0.1, 0.15) is 19.3 Å². The maximum atomic E-state index is 10.8. The van der Waals surface area contributed by atoms with E-state index >= 15 is 0 Å². The van der Waals surface area contributed by atoms with Crippen LogP contribution in [-0.2, 0) is 0 Å². The molecule has 1 aliphatic carbocycles. The van der Waals surface area contributed by atoms with Gasteiger partial charge in [-0.15, -0.1) is 0 Å². The molecule has 1 aromatic carbocycles. The monoisotopic (exact) mass is 248 g/mol. The third kappa shape index (κ3) is 1.77. The number of anilines is 1. The lowest BCUT2D eigenvalue weighted by Crippen LogP contribution is -2.20. The molecule has 0 atom stereocenters. The zero-order valence-corrected chi connectivity index (χ0v) is 9.63. The fraction of sp³-hybridized carbons (Fsp3) is 0.455. The zero-order chi connectivity index (χ0) is 12.5. The van der Waals surface area contributed by atoms with Crippen molar-refractivity contribution in [2.75, 3.05) is 11.9 Å². The average molecular weight is 248 g/mol. The third-order valence-electron chi connectivity index (χ3n) is 3.40. The minimum atomic E-state index is -0.484. The highest BCUT2D eigenvalue weighted by Crippen LogP contribution is 2.30. The molecule has 18 heavy (non-hydrogen) atoms. The molecule has 1 aromatic heterocycles. The Bertz CT molecular complexity index is 591. The Labute approximate surface area is 102 Å². The van der Waals surface area contributed by atoms with E-state index < -0.39 is 4.92 Å². The zero-order valence-electron chi connectivity index (χ0n) is 9.63. The number of nitro groups is 1. The Morgan fingerprint density at radius 1 is 1.39 bits per heavy atom. The number of nitrogens with zero attached hydrogens (tertiary/aromatic N) is 3. The normalized spacial score (nSPS) is 15.6. The molecule has 94 valence electrons. The van der Waals surface area contributed by atoms with Gasteiger partial charge in [-0.05, 0) is 35.1 Å².